The Labute approximate surface area is 131 Å². The lowest BCUT2D eigenvalue weighted by atomic mass is 10.2. The third-order valence-electron chi connectivity index (χ3n) is 2.80. The minimum absolute atomic E-state index is 0.333. The summed E-state index contributed by atoms with van der Waals surface area (Å²) >= 11 is 1.25. The van der Waals surface area contributed by atoms with Gasteiger partial charge in [0, 0.05) is 17.1 Å². The SMILES string of the molecule is COc1cccc(C(=O)N[C@@H](CO)C(=O)Nc2nccs2)c1. The molecule has 0 unspecified atom stereocenters. The van der Waals surface area contributed by atoms with E-state index in [1.807, 2.05) is 0 Å². The molecule has 0 spiro atoms. The molecule has 0 aliphatic heterocycles. The average molecular weight is 321 g/mol. The lowest BCUT2D eigenvalue weighted by Gasteiger charge is -2.15. The monoisotopic (exact) mass is 321 g/mol. The van der Waals surface area contributed by atoms with Gasteiger partial charge in [-0.1, -0.05) is 6.07 Å². The van der Waals surface area contributed by atoms with Crippen molar-refractivity contribution in [3.63, 3.8) is 0 Å². The van der Waals surface area contributed by atoms with Gasteiger partial charge in [0.1, 0.15) is 11.8 Å². The Balaban J connectivity index is 2.02. The van der Waals surface area contributed by atoms with Crippen LogP contribution >= 0.6 is 11.3 Å². The Bertz CT molecular complexity index is 645. The van der Waals surface area contributed by atoms with Crippen LogP contribution in [0.25, 0.3) is 0 Å². The van der Waals surface area contributed by atoms with Crippen LogP contribution in [0.1, 0.15) is 10.4 Å². The van der Waals surface area contributed by atoms with E-state index in [0.717, 1.165) is 0 Å². The zero-order valence-corrected chi connectivity index (χ0v) is 12.6. The van der Waals surface area contributed by atoms with Crippen LogP contribution in [0.5, 0.6) is 5.75 Å². The standard InChI is InChI=1S/C14H15N3O4S/c1-21-10-4-2-3-9(7-10)12(19)16-11(8-18)13(20)17-14-15-5-6-22-14/h2-7,11,18H,8H2,1H3,(H,16,19)(H,15,17,20)/t11-/m0/s1. The number of hydrogen-bond acceptors (Lipinski definition) is 6. The molecule has 2 amide bonds. The molecule has 0 saturated heterocycles. The summed E-state index contributed by atoms with van der Waals surface area (Å²) < 4.78 is 5.04. The molecular formula is C14H15N3O4S. The molecule has 0 radical (unpaired) electrons. The van der Waals surface area contributed by atoms with Gasteiger partial charge >= 0.3 is 0 Å². The van der Waals surface area contributed by atoms with E-state index < -0.39 is 24.5 Å². The van der Waals surface area contributed by atoms with Crippen LogP contribution in [0.4, 0.5) is 5.13 Å². The van der Waals surface area contributed by atoms with E-state index in [1.165, 1.54) is 18.4 Å². The fraction of sp³-hybridized carbons (Fsp3) is 0.214. The van der Waals surface area contributed by atoms with Crippen LogP contribution in [-0.4, -0.2) is 41.7 Å². The van der Waals surface area contributed by atoms with Crippen LogP contribution in [0.15, 0.2) is 35.8 Å². The molecule has 116 valence electrons. The van der Waals surface area contributed by atoms with Crippen LogP contribution in [-0.2, 0) is 4.79 Å². The number of carbonyl (C=O) groups is 2. The number of benzene rings is 1. The third kappa shape index (κ3) is 4.03. The number of ether oxygens (including phenoxy) is 1. The second-order valence-corrected chi connectivity index (χ2v) is 5.16. The molecule has 1 aromatic heterocycles. The highest BCUT2D eigenvalue weighted by atomic mass is 32.1. The zero-order chi connectivity index (χ0) is 15.9. The highest BCUT2D eigenvalue weighted by Gasteiger charge is 2.21. The van der Waals surface area contributed by atoms with Crippen molar-refractivity contribution in [3.05, 3.63) is 41.4 Å². The van der Waals surface area contributed by atoms with Crippen molar-refractivity contribution in [2.45, 2.75) is 6.04 Å². The molecule has 1 aromatic carbocycles. The summed E-state index contributed by atoms with van der Waals surface area (Å²) in [6.07, 6.45) is 1.54. The second kappa shape index (κ2) is 7.53. The Hall–Kier alpha value is -2.45. The molecule has 2 rings (SSSR count). The largest absolute Gasteiger partial charge is 0.497 e. The van der Waals surface area contributed by atoms with E-state index >= 15 is 0 Å². The number of methoxy groups -OCH3 is 1. The number of rotatable bonds is 6. The quantitative estimate of drug-likeness (QED) is 0.733. The lowest BCUT2D eigenvalue weighted by Crippen LogP contribution is -2.46. The van der Waals surface area contributed by atoms with E-state index in [1.54, 1.807) is 35.8 Å². The maximum absolute atomic E-state index is 12.1. The molecule has 7 nitrogen and oxygen atoms in total. The summed E-state index contributed by atoms with van der Waals surface area (Å²) in [5.74, 6) is -0.485. The van der Waals surface area contributed by atoms with Gasteiger partial charge in [-0.2, -0.15) is 0 Å². The van der Waals surface area contributed by atoms with Gasteiger partial charge in [0.2, 0.25) is 0 Å². The van der Waals surface area contributed by atoms with Crippen molar-refractivity contribution in [2.75, 3.05) is 19.0 Å². The summed E-state index contributed by atoms with van der Waals surface area (Å²) in [7, 11) is 1.50. The van der Waals surface area contributed by atoms with Crippen molar-refractivity contribution in [1.82, 2.24) is 10.3 Å². The van der Waals surface area contributed by atoms with Gasteiger partial charge < -0.3 is 20.5 Å². The molecular weight excluding hydrogens is 306 g/mol. The van der Waals surface area contributed by atoms with Crippen molar-refractivity contribution < 1.29 is 19.4 Å². The fourth-order valence-corrected chi connectivity index (χ4v) is 2.21. The van der Waals surface area contributed by atoms with Gasteiger partial charge in [0.05, 0.1) is 13.7 Å². The maximum Gasteiger partial charge on any atom is 0.252 e. The highest BCUT2D eigenvalue weighted by molar-refractivity contribution is 7.13. The lowest BCUT2D eigenvalue weighted by molar-refractivity contribution is -0.118. The summed E-state index contributed by atoms with van der Waals surface area (Å²) in [6, 6.07) is 5.43. The predicted octanol–water partition coefficient (Wildman–Crippen LogP) is 0.881. The first-order chi connectivity index (χ1) is 10.6. The van der Waals surface area contributed by atoms with Crippen LogP contribution in [0.3, 0.4) is 0 Å². The molecule has 8 heteroatoms. The Kier molecular flexibility index (Phi) is 5.45. The van der Waals surface area contributed by atoms with Crippen LogP contribution < -0.4 is 15.4 Å². The summed E-state index contributed by atoms with van der Waals surface area (Å²) in [5.41, 5.74) is 0.333. The third-order valence-corrected chi connectivity index (χ3v) is 3.49. The number of aromatic nitrogens is 1. The first kappa shape index (κ1) is 15.9. The smallest absolute Gasteiger partial charge is 0.252 e. The van der Waals surface area contributed by atoms with Gasteiger partial charge in [-0.15, -0.1) is 11.3 Å². The fourth-order valence-electron chi connectivity index (χ4n) is 1.68. The van der Waals surface area contributed by atoms with Gasteiger partial charge in [0.15, 0.2) is 5.13 Å². The molecule has 3 N–H and O–H groups in total. The minimum atomic E-state index is -1.07. The predicted molar refractivity (Wildman–Crippen MR) is 82.1 cm³/mol. The Morgan fingerprint density at radius 3 is 2.91 bits per heavy atom. The summed E-state index contributed by atoms with van der Waals surface area (Å²) in [4.78, 5) is 28.0. The topological polar surface area (TPSA) is 101 Å². The van der Waals surface area contributed by atoms with E-state index in [0.29, 0.717) is 16.4 Å². The Morgan fingerprint density at radius 2 is 2.27 bits per heavy atom. The normalized spacial score (nSPS) is 11.5. The number of amides is 2. The number of nitrogens with zero attached hydrogens (tertiary/aromatic N) is 1. The van der Waals surface area contributed by atoms with Gasteiger partial charge in [-0.25, -0.2) is 4.98 Å². The van der Waals surface area contributed by atoms with E-state index in [9.17, 15) is 14.7 Å². The summed E-state index contributed by atoms with van der Waals surface area (Å²) in [6.45, 7) is -0.521. The van der Waals surface area contributed by atoms with Crippen LogP contribution in [0, 0.1) is 0 Å². The number of hydrogen-bond donors (Lipinski definition) is 3. The first-order valence-electron chi connectivity index (χ1n) is 6.40. The van der Waals surface area contributed by atoms with Crippen molar-refractivity contribution >= 4 is 28.3 Å². The molecule has 1 atom stereocenters. The second-order valence-electron chi connectivity index (χ2n) is 4.27. The number of nitrogens with one attached hydrogen (secondary N) is 2. The van der Waals surface area contributed by atoms with Crippen LogP contribution in [0.2, 0.25) is 0 Å². The number of thiazole rings is 1. The first-order valence-corrected chi connectivity index (χ1v) is 7.28. The number of aliphatic hydroxyl groups excluding tert-OH is 1. The van der Waals surface area contributed by atoms with Gasteiger partial charge in [-0.3, -0.25) is 9.59 Å². The number of carbonyl (C=O) groups excluding carboxylic acids is 2. The van der Waals surface area contributed by atoms with Crippen molar-refractivity contribution in [2.24, 2.45) is 0 Å². The van der Waals surface area contributed by atoms with Crippen molar-refractivity contribution in [1.29, 1.82) is 0 Å². The van der Waals surface area contributed by atoms with E-state index in [-0.39, 0.29) is 0 Å². The number of aliphatic hydroxyl groups is 1. The summed E-state index contributed by atoms with van der Waals surface area (Å²) in [5, 5.41) is 16.4. The Morgan fingerprint density at radius 1 is 1.45 bits per heavy atom. The van der Waals surface area contributed by atoms with E-state index in [2.05, 4.69) is 15.6 Å². The molecule has 0 aliphatic carbocycles. The highest BCUT2D eigenvalue weighted by Crippen LogP contribution is 2.13. The number of anilines is 1. The molecule has 22 heavy (non-hydrogen) atoms. The molecule has 0 saturated carbocycles. The average Bonchev–Trinajstić information content (AvgIpc) is 3.05. The molecule has 0 bridgehead atoms. The molecule has 1 heterocycles. The molecule has 2 aromatic rings. The zero-order valence-electron chi connectivity index (χ0n) is 11.8. The molecule has 0 aliphatic rings. The van der Waals surface area contributed by atoms with E-state index in [4.69, 9.17) is 4.74 Å². The molecule has 0 fully saturated rings. The van der Waals surface area contributed by atoms with Gasteiger partial charge in [-0.05, 0) is 18.2 Å². The maximum atomic E-state index is 12.1. The van der Waals surface area contributed by atoms with Gasteiger partial charge in [0.25, 0.3) is 11.8 Å². The van der Waals surface area contributed by atoms with Crippen molar-refractivity contribution in [3.8, 4) is 5.75 Å². The minimum Gasteiger partial charge on any atom is -0.497 e.